The van der Waals surface area contributed by atoms with Crippen LogP contribution in [0.1, 0.15) is 10.4 Å². The highest BCUT2D eigenvalue weighted by molar-refractivity contribution is 14.1. The molecule has 3 aromatic rings. The van der Waals surface area contributed by atoms with Crippen LogP contribution >= 0.6 is 33.9 Å². The fraction of sp³-hybridized carbons (Fsp3) is 0.118. The van der Waals surface area contributed by atoms with Gasteiger partial charge < -0.3 is 9.30 Å². The Morgan fingerprint density at radius 1 is 1.25 bits per heavy atom. The van der Waals surface area contributed by atoms with E-state index in [2.05, 4.69) is 4.99 Å². The van der Waals surface area contributed by atoms with Crippen LogP contribution < -0.4 is 9.94 Å². The lowest BCUT2D eigenvalue weighted by atomic mass is 10.2. The number of nitrogens with zero attached hydrogens (tertiary/aromatic N) is 2. The lowest BCUT2D eigenvalue weighted by Gasteiger charge is -2.04. The first kappa shape index (κ1) is 20.6. The molecule has 1 aromatic heterocycles. The van der Waals surface area contributed by atoms with Crippen molar-refractivity contribution in [1.29, 1.82) is 0 Å². The van der Waals surface area contributed by atoms with Crippen LogP contribution in [0.3, 0.4) is 0 Å². The van der Waals surface area contributed by atoms with Gasteiger partial charge in [-0.1, -0.05) is 23.5 Å². The van der Waals surface area contributed by atoms with Crippen molar-refractivity contribution in [3.63, 3.8) is 0 Å². The number of fused-ring (bicyclic) bond motifs is 1. The number of esters is 1. The molecular weight excluding hydrogens is 517 g/mol. The molecule has 2 N–H and O–H groups in total. The second-order valence-corrected chi connectivity index (χ2v) is 9.35. The number of halogens is 1. The van der Waals surface area contributed by atoms with Gasteiger partial charge in [0.2, 0.25) is 10.0 Å². The topological polar surface area (TPSA) is 121 Å². The zero-order valence-electron chi connectivity index (χ0n) is 14.5. The summed E-state index contributed by atoms with van der Waals surface area (Å²) in [4.78, 5) is 28.8. The summed E-state index contributed by atoms with van der Waals surface area (Å²) in [6.45, 7) is -0.177. The smallest absolute Gasteiger partial charge is 0.325 e. The summed E-state index contributed by atoms with van der Waals surface area (Å²) in [5.74, 6) is -1.000. The lowest BCUT2D eigenvalue weighted by Crippen LogP contribution is -2.22. The summed E-state index contributed by atoms with van der Waals surface area (Å²) >= 11 is 3.12. The van der Waals surface area contributed by atoms with Gasteiger partial charge in [-0.05, 0) is 52.9 Å². The molecule has 1 heterocycles. The number of carbonyl (C=O) groups excluding carboxylic acids is 2. The van der Waals surface area contributed by atoms with Crippen LogP contribution in [0.2, 0.25) is 0 Å². The molecule has 0 fully saturated rings. The van der Waals surface area contributed by atoms with Crippen LogP contribution in [0.15, 0.2) is 52.4 Å². The summed E-state index contributed by atoms with van der Waals surface area (Å²) in [5.41, 5.74) is 0.965. The van der Waals surface area contributed by atoms with Gasteiger partial charge in [0, 0.05) is 3.57 Å². The number of ether oxygens (including phenoxy) is 1. The molecule has 0 atom stereocenters. The first-order valence-corrected chi connectivity index (χ1v) is 11.2. The molecule has 3 rings (SSSR count). The number of aromatic nitrogens is 1. The van der Waals surface area contributed by atoms with Crippen LogP contribution in [0, 0.1) is 3.57 Å². The maximum absolute atomic E-state index is 12.6. The lowest BCUT2D eigenvalue weighted by molar-refractivity contribution is -0.141. The third kappa shape index (κ3) is 4.32. The molecule has 0 radical (unpaired) electrons. The standard InChI is InChI=1S/C17H14IN3O5S2/c1-26-15(22)9-21-13-7-6-10(28(19,24)25)8-14(13)27-17(21)20-16(23)11-4-2-3-5-12(11)18/h2-8H,9H2,1H3,(H2,19,24,25). The molecule has 2 aromatic carbocycles. The molecule has 1 amide bonds. The SMILES string of the molecule is COC(=O)Cn1c(=NC(=O)c2ccccc2I)sc2cc(S(N)(=O)=O)ccc21. The number of rotatable bonds is 4. The molecule has 0 saturated heterocycles. The van der Waals surface area contributed by atoms with Crippen molar-refractivity contribution in [2.45, 2.75) is 11.4 Å². The second kappa shape index (κ2) is 8.11. The molecule has 0 unspecified atom stereocenters. The monoisotopic (exact) mass is 531 g/mol. The van der Waals surface area contributed by atoms with Gasteiger partial charge in [0.05, 0.1) is 27.8 Å². The third-order valence-corrected chi connectivity index (χ3v) is 6.69. The zero-order valence-corrected chi connectivity index (χ0v) is 18.2. The Kier molecular flexibility index (Phi) is 5.98. The van der Waals surface area contributed by atoms with E-state index in [9.17, 15) is 18.0 Å². The highest BCUT2D eigenvalue weighted by atomic mass is 127. The van der Waals surface area contributed by atoms with Crippen LogP contribution in [0.5, 0.6) is 0 Å². The zero-order chi connectivity index (χ0) is 20.5. The molecule has 0 spiro atoms. The Bertz CT molecular complexity index is 1260. The molecule has 28 heavy (non-hydrogen) atoms. The Balaban J connectivity index is 2.22. The highest BCUT2D eigenvalue weighted by Gasteiger charge is 2.16. The van der Waals surface area contributed by atoms with E-state index < -0.39 is 21.9 Å². The molecule has 146 valence electrons. The van der Waals surface area contributed by atoms with E-state index in [-0.39, 0.29) is 16.2 Å². The van der Waals surface area contributed by atoms with Crippen molar-refractivity contribution in [1.82, 2.24) is 4.57 Å². The Hall–Kier alpha value is -2.09. The van der Waals surface area contributed by atoms with E-state index in [1.165, 1.54) is 29.9 Å². The van der Waals surface area contributed by atoms with E-state index in [4.69, 9.17) is 9.88 Å². The Labute approximate surface area is 177 Å². The van der Waals surface area contributed by atoms with Crippen molar-refractivity contribution >= 4 is 66.0 Å². The molecule has 11 heteroatoms. The fourth-order valence-electron chi connectivity index (χ4n) is 2.44. The fourth-order valence-corrected chi connectivity index (χ4v) is 4.74. The molecule has 0 aliphatic carbocycles. The number of benzene rings is 2. The number of nitrogens with two attached hydrogens (primary N) is 1. The number of primary sulfonamides is 1. The molecular formula is C17H14IN3O5S2. The first-order valence-electron chi connectivity index (χ1n) is 7.77. The predicted molar refractivity (Wildman–Crippen MR) is 112 cm³/mol. The Morgan fingerprint density at radius 3 is 2.61 bits per heavy atom. The van der Waals surface area contributed by atoms with Gasteiger partial charge in [0.25, 0.3) is 5.91 Å². The van der Waals surface area contributed by atoms with E-state index in [0.717, 1.165) is 14.9 Å². The largest absolute Gasteiger partial charge is 0.468 e. The van der Waals surface area contributed by atoms with E-state index >= 15 is 0 Å². The number of carbonyl (C=O) groups is 2. The predicted octanol–water partition coefficient (Wildman–Crippen LogP) is 1.87. The van der Waals surface area contributed by atoms with Gasteiger partial charge in [-0.25, -0.2) is 13.6 Å². The van der Waals surface area contributed by atoms with Gasteiger partial charge in [-0.3, -0.25) is 9.59 Å². The van der Waals surface area contributed by atoms with Crippen molar-refractivity contribution in [3.05, 3.63) is 56.4 Å². The van der Waals surface area contributed by atoms with Gasteiger partial charge in [-0.2, -0.15) is 4.99 Å². The maximum atomic E-state index is 12.6. The summed E-state index contributed by atoms with van der Waals surface area (Å²) in [6, 6.07) is 11.2. The van der Waals surface area contributed by atoms with Crippen molar-refractivity contribution in [2.24, 2.45) is 10.1 Å². The number of amides is 1. The minimum Gasteiger partial charge on any atom is -0.468 e. The number of hydrogen-bond acceptors (Lipinski definition) is 6. The van der Waals surface area contributed by atoms with E-state index in [1.807, 2.05) is 28.7 Å². The highest BCUT2D eigenvalue weighted by Crippen LogP contribution is 2.22. The summed E-state index contributed by atoms with van der Waals surface area (Å²) in [6.07, 6.45) is 0. The molecule has 0 aliphatic heterocycles. The van der Waals surface area contributed by atoms with E-state index in [0.29, 0.717) is 15.8 Å². The summed E-state index contributed by atoms with van der Waals surface area (Å²) in [5, 5.41) is 5.19. The van der Waals surface area contributed by atoms with Crippen LogP contribution in [0.25, 0.3) is 10.2 Å². The van der Waals surface area contributed by atoms with Gasteiger partial charge in [-0.15, -0.1) is 0 Å². The Morgan fingerprint density at radius 2 is 1.96 bits per heavy atom. The van der Waals surface area contributed by atoms with Crippen molar-refractivity contribution in [2.75, 3.05) is 7.11 Å². The summed E-state index contributed by atoms with van der Waals surface area (Å²) in [7, 11) is -2.64. The average molecular weight is 531 g/mol. The quantitative estimate of drug-likeness (QED) is 0.407. The van der Waals surface area contributed by atoms with Crippen molar-refractivity contribution in [3.8, 4) is 0 Å². The molecule has 8 nitrogen and oxygen atoms in total. The second-order valence-electron chi connectivity index (χ2n) is 5.62. The third-order valence-electron chi connectivity index (χ3n) is 3.80. The normalized spacial score (nSPS) is 12.3. The first-order chi connectivity index (χ1) is 13.2. The number of thiazole rings is 1. The van der Waals surface area contributed by atoms with Gasteiger partial charge in [0.15, 0.2) is 4.80 Å². The average Bonchev–Trinajstić information content (AvgIpc) is 2.97. The molecule has 0 saturated carbocycles. The van der Waals surface area contributed by atoms with Crippen LogP contribution in [0.4, 0.5) is 0 Å². The van der Waals surface area contributed by atoms with Crippen molar-refractivity contribution < 1.29 is 22.7 Å². The minimum atomic E-state index is -3.89. The minimum absolute atomic E-state index is 0.0676. The van der Waals surface area contributed by atoms with Gasteiger partial charge >= 0.3 is 5.97 Å². The van der Waals surface area contributed by atoms with Gasteiger partial charge in [0.1, 0.15) is 6.54 Å². The molecule has 0 aliphatic rings. The number of methoxy groups -OCH3 is 1. The molecule has 0 bridgehead atoms. The number of hydrogen-bond donors (Lipinski definition) is 1. The van der Waals surface area contributed by atoms with Crippen LogP contribution in [-0.4, -0.2) is 32.0 Å². The number of sulfonamides is 1. The van der Waals surface area contributed by atoms with Crippen LogP contribution in [-0.2, 0) is 26.1 Å². The van der Waals surface area contributed by atoms with E-state index in [1.54, 1.807) is 18.2 Å². The maximum Gasteiger partial charge on any atom is 0.325 e. The summed E-state index contributed by atoms with van der Waals surface area (Å²) < 4.78 is 30.7.